The molecule has 18 heteroatoms. The fraction of sp³-hybridized carbons (Fsp3) is 0.761. The predicted molar refractivity (Wildman–Crippen MR) is 245 cm³/mol. The van der Waals surface area contributed by atoms with Crippen molar-refractivity contribution in [3.63, 3.8) is 0 Å². The molecule has 1 saturated carbocycles. The zero-order valence-corrected chi connectivity index (χ0v) is 40.1. The maximum Gasteiger partial charge on any atom is 0.472 e. The zero-order valence-electron chi connectivity index (χ0n) is 38.3. The van der Waals surface area contributed by atoms with Crippen molar-refractivity contribution in [2.75, 3.05) is 26.4 Å². The van der Waals surface area contributed by atoms with E-state index < -0.39 is 78.4 Å². The van der Waals surface area contributed by atoms with Gasteiger partial charge in [-0.1, -0.05) is 127 Å². The molecule has 0 aromatic heterocycles. The van der Waals surface area contributed by atoms with Crippen LogP contribution in [0.25, 0.3) is 0 Å². The van der Waals surface area contributed by atoms with Crippen molar-refractivity contribution in [1.29, 1.82) is 0 Å². The maximum atomic E-state index is 12.7. The molecule has 0 aliphatic heterocycles. The lowest BCUT2D eigenvalue weighted by atomic mass is 9.88. The van der Waals surface area contributed by atoms with Crippen LogP contribution in [-0.2, 0) is 46.6 Å². The first-order valence-electron chi connectivity index (χ1n) is 23.4. The van der Waals surface area contributed by atoms with E-state index in [1.165, 1.54) is 19.3 Å². The Kier molecular flexibility index (Phi) is 34.3. The third kappa shape index (κ3) is 33.2. The van der Waals surface area contributed by atoms with Gasteiger partial charge in [-0.15, -0.1) is 0 Å². The SMILES string of the molecule is CCCCC/C=C\C/C=C\C/C=C\CCCCCCC(=O)O[C@H](COC(=O)CCCCCC[C@H]1C(=O)C[C@@H](O)[C@@H]1/C=C/[C@@H](O)CCCCC)COP(=O)(O)OC[C@@H](O)COP(=O)(O)O. The number of Topliss-reactive ketones (excluding diaryl/α,β-unsaturated/α-hetero) is 1. The van der Waals surface area contributed by atoms with Gasteiger partial charge in [0.25, 0.3) is 0 Å². The number of phosphoric acid groups is 2. The quantitative estimate of drug-likeness (QED) is 0.0145. The second-order valence-electron chi connectivity index (χ2n) is 16.5. The van der Waals surface area contributed by atoms with Crippen molar-refractivity contribution in [2.24, 2.45) is 11.8 Å². The molecule has 0 amide bonds. The van der Waals surface area contributed by atoms with Crippen molar-refractivity contribution < 1.29 is 76.6 Å². The fourth-order valence-corrected chi connectivity index (χ4v) is 8.11. The van der Waals surface area contributed by atoms with Crippen LogP contribution in [0, 0.1) is 11.8 Å². The normalized spacial score (nSPS) is 19.6. The first-order chi connectivity index (χ1) is 30.6. The molecular formula is C46H80O16P2. The van der Waals surface area contributed by atoms with Crippen LogP contribution in [0.2, 0.25) is 0 Å². The average molecular weight is 951 g/mol. The Balaban J connectivity index is 2.53. The van der Waals surface area contributed by atoms with E-state index in [2.05, 4.69) is 59.4 Å². The lowest BCUT2D eigenvalue weighted by molar-refractivity contribution is -0.161. The number of unbranched alkanes of at least 4 members (excludes halogenated alkanes) is 12. The number of hydrogen-bond acceptors (Lipinski definition) is 13. The van der Waals surface area contributed by atoms with Gasteiger partial charge in [-0.3, -0.25) is 28.0 Å². The molecule has 0 spiro atoms. The largest absolute Gasteiger partial charge is 0.472 e. The molecular weight excluding hydrogens is 870 g/mol. The summed E-state index contributed by atoms with van der Waals surface area (Å²) in [5.74, 6) is -1.87. The number of esters is 2. The summed E-state index contributed by atoms with van der Waals surface area (Å²) in [6.07, 6.45) is 30.0. The number of aliphatic hydroxyl groups excluding tert-OH is 3. The Labute approximate surface area is 381 Å². The topological polar surface area (TPSA) is 253 Å². The van der Waals surface area contributed by atoms with Crippen molar-refractivity contribution >= 4 is 33.4 Å². The van der Waals surface area contributed by atoms with E-state index in [0.717, 1.165) is 70.6 Å². The minimum atomic E-state index is -4.90. The molecule has 0 radical (unpaired) electrons. The molecule has 1 aliphatic rings. The van der Waals surface area contributed by atoms with Crippen LogP contribution in [0.1, 0.15) is 162 Å². The zero-order chi connectivity index (χ0) is 47.5. The molecule has 0 bridgehead atoms. The van der Waals surface area contributed by atoms with Gasteiger partial charge in [-0.05, 0) is 64.2 Å². The van der Waals surface area contributed by atoms with Crippen molar-refractivity contribution in [3.05, 3.63) is 48.6 Å². The third-order valence-corrected chi connectivity index (χ3v) is 12.0. The minimum absolute atomic E-state index is 0.00886. The third-order valence-electron chi connectivity index (χ3n) is 10.6. The molecule has 0 saturated heterocycles. The van der Waals surface area contributed by atoms with Gasteiger partial charge in [0.2, 0.25) is 0 Å². The number of rotatable bonds is 40. The van der Waals surface area contributed by atoms with Crippen molar-refractivity contribution in [2.45, 2.75) is 186 Å². The summed E-state index contributed by atoms with van der Waals surface area (Å²) in [7, 11) is -9.78. The van der Waals surface area contributed by atoms with Gasteiger partial charge in [0.05, 0.1) is 32.0 Å². The Morgan fingerprint density at radius 2 is 1.23 bits per heavy atom. The average Bonchev–Trinajstić information content (AvgIpc) is 3.51. The van der Waals surface area contributed by atoms with E-state index in [0.29, 0.717) is 38.5 Å². The molecule has 370 valence electrons. The standard InChI is InChI=1S/C46H80O16P2/c1-3-5-7-8-9-10-11-12-13-14-15-16-17-18-19-20-26-30-46(52)62-40(37-61-64(56,57)60-35-39(48)34-59-63(53,54)55)36-58-45(51)29-25-22-21-24-28-41-42(44(50)33-43(41)49)32-31-38(47)27-23-6-4-2/h9-10,12-13,15-16,31-32,38-42,44,47-48,50H,3-8,11,14,17-30,33-37H2,1-2H3,(H,56,57)(H2,53,54,55)/b10-9-,13-12-,16-15-,32-31+/t38-,39-,40+,41+,42+,44+/m0/s1. The highest BCUT2D eigenvalue weighted by atomic mass is 31.2. The molecule has 16 nitrogen and oxygen atoms in total. The number of ketones is 1. The number of phosphoric ester groups is 2. The van der Waals surface area contributed by atoms with Gasteiger partial charge in [-0.25, -0.2) is 9.13 Å². The summed E-state index contributed by atoms with van der Waals surface area (Å²) >= 11 is 0. The van der Waals surface area contributed by atoms with Crippen molar-refractivity contribution in [1.82, 2.24) is 0 Å². The number of hydrogen-bond donors (Lipinski definition) is 6. The number of carbonyl (C=O) groups is 3. The maximum absolute atomic E-state index is 12.7. The van der Waals surface area contributed by atoms with Crippen LogP contribution in [-0.4, -0.2) is 98.6 Å². The van der Waals surface area contributed by atoms with E-state index in [4.69, 9.17) is 23.8 Å². The molecule has 1 fully saturated rings. The molecule has 0 aromatic rings. The van der Waals surface area contributed by atoms with Gasteiger partial charge < -0.3 is 39.5 Å². The van der Waals surface area contributed by atoms with Gasteiger partial charge in [0.1, 0.15) is 18.5 Å². The van der Waals surface area contributed by atoms with Gasteiger partial charge in [-0.2, -0.15) is 0 Å². The first kappa shape index (κ1) is 59.7. The highest BCUT2D eigenvalue weighted by Crippen LogP contribution is 2.44. The fourth-order valence-electron chi connectivity index (χ4n) is 6.96. The van der Waals surface area contributed by atoms with E-state index in [-0.39, 0.29) is 36.9 Å². The smallest absolute Gasteiger partial charge is 0.462 e. The molecule has 1 unspecified atom stereocenters. The second kappa shape index (κ2) is 36.7. The van der Waals surface area contributed by atoms with Crippen molar-refractivity contribution in [3.8, 4) is 0 Å². The summed E-state index contributed by atoms with van der Waals surface area (Å²) in [5.41, 5.74) is 0. The monoisotopic (exact) mass is 950 g/mol. The summed E-state index contributed by atoms with van der Waals surface area (Å²) in [6, 6.07) is 0. The van der Waals surface area contributed by atoms with Crippen LogP contribution in [0.3, 0.4) is 0 Å². The number of ether oxygens (including phenoxy) is 2. The summed E-state index contributed by atoms with van der Waals surface area (Å²) < 4.78 is 47.8. The number of carbonyl (C=O) groups excluding carboxylic acids is 3. The highest BCUT2D eigenvalue weighted by molar-refractivity contribution is 7.47. The van der Waals surface area contributed by atoms with E-state index >= 15 is 0 Å². The second-order valence-corrected chi connectivity index (χ2v) is 19.1. The van der Waals surface area contributed by atoms with Gasteiger partial charge in [0, 0.05) is 31.1 Å². The molecule has 1 aliphatic carbocycles. The molecule has 64 heavy (non-hydrogen) atoms. The molecule has 7 atom stereocenters. The Hall–Kier alpha value is -2.33. The summed E-state index contributed by atoms with van der Waals surface area (Å²) in [5, 5.41) is 30.5. The number of allylic oxidation sites excluding steroid dienone is 6. The number of aliphatic hydroxyl groups is 3. The van der Waals surface area contributed by atoms with E-state index in [1.54, 1.807) is 12.2 Å². The molecule has 0 heterocycles. The van der Waals surface area contributed by atoms with Crippen LogP contribution in [0.4, 0.5) is 0 Å². The predicted octanol–water partition coefficient (Wildman–Crippen LogP) is 8.82. The lowest BCUT2D eigenvalue weighted by Gasteiger charge is -2.20. The van der Waals surface area contributed by atoms with E-state index in [1.807, 2.05) is 0 Å². The summed E-state index contributed by atoms with van der Waals surface area (Å²) in [6.45, 7) is 1.34. The molecule has 0 aromatic carbocycles. The minimum Gasteiger partial charge on any atom is -0.462 e. The Bertz CT molecular complexity index is 1480. The highest BCUT2D eigenvalue weighted by Gasteiger charge is 2.39. The lowest BCUT2D eigenvalue weighted by Crippen LogP contribution is -2.30. The van der Waals surface area contributed by atoms with Crippen LogP contribution < -0.4 is 0 Å². The van der Waals surface area contributed by atoms with Crippen LogP contribution in [0.15, 0.2) is 48.6 Å². The van der Waals surface area contributed by atoms with Crippen LogP contribution in [0.5, 0.6) is 0 Å². The first-order valence-corrected chi connectivity index (χ1v) is 26.5. The Morgan fingerprint density at radius 1 is 0.688 bits per heavy atom. The molecule has 1 rings (SSSR count). The van der Waals surface area contributed by atoms with Crippen LogP contribution >= 0.6 is 15.6 Å². The van der Waals surface area contributed by atoms with Gasteiger partial charge >= 0.3 is 27.6 Å². The van der Waals surface area contributed by atoms with E-state index in [9.17, 15) is 43.7 Å². The summed E-state index contributed by atoms with van der Waals surface area (Å²) in [4.78, 5) is 65.6. The Morgan fingerprint density at radius 3 is 1.88 bits per heavy atom. The van der Waals surface area contributed by atoms with Gasteiger partial charge in [0.15, 0.2) is 6.10 Å². The molecule has 6 N–H and O–H groups in total.